The second-order valence-electron chi connectivity index (χ2n) is 4.16. The van der Waals surface area contributed by atoms with Crippen molar-refractivity contribution in [3.8, 4) is 5.75 Å². The lowest BCUT2D eigenvalue weighted by Gasteiger charge is -2.16. The van der Waals surface area contributed by atoms with Crippen LogP contribution >= 0.6 is 11.6 Å². The molecule has 2 aromatic rings. The summed E-state index contributed by atoms with van der Waals surface area (Å²) >= 11 is 5.82. The summed E-state index contributed by atoms with van der Waals surface area (Å²) in [6.07, 6.45) is 0. The van der Waals surface area contributed by atoms with Crippen LogP contribution in [0, 0.1) is 6.92 Å². The molecule has 0 saturated heterocycles. The Morgan fingerprint density at radius 2 is 2.26 bits per heavy atom. The van der Waals surface area contributed by atoms with Gasteiger partial charge in [0.2, 0.25) is 0 Å². The first-order valence-electron chi connectivity index (χ1n) is 5.59. The molecular formula is C12H13ClN4O2. The molecule has 1 amide bonds. The molecule has 6 nitrogen and oxygen atoms in total. The van der Waals surface area contributed by atoms with Crippen LogP contribution in [0.3, 0.4) is 0 Å². The fourth-order valence-electron chi connectivity index (χ4n) is 1.63. The zero-order valence-corrected chi connectivity index (χ0v) is 11.3. The molecule has 0 bridgehead atoms. The number of aryl methyl sites for hydroxylation is 1. The number of hydrogen-bond acceptors (Lipinski definition) is 4. The van der Waals surface area contributed by atoms with Crippen LogP contribution < -0.4 is 0 Å². The molecule has 0 radical (unpaired) electrons. The van der Waals surface area contributed by atoms with E-state index in [0.29, 0.717) is 16.7 Å². The van der Waals surface area contributed by atoms with Gasteiger partial charge in [-0.15, -0.1) is 0 Å². The van der Waals surface area contributed by atoms with Crippen LogP contribution in [-0.2, 0) is 6.54 Å². The maximum absolute atomic E-state index is 12.2. The molecule has 0 unspecified atom stereocenters. The highest BCUT2D eigenvalue weighted by Crippen LogP contribution is 2.22. The maximum atomic E-state index is 12.2. The highest BCUT2D eigenvalue weighted by Gasteiger charge is 2.17. The van der Waals surface area contributed by atoms with Crippen LogP contribution in [0.1, 0.15) is 22.0 Å². The number of H-pyrrole nitrogens is 1. The molecule has 1 aromatic carbocycles. The Labute approximate surface area is 115 Å². The third-order valence-electron chi connectivity index (χ3n) is 2.56. The number of aromatic nitrogens is 3. The van der Waals surface area contributed by atoms with Gasteiger partial charge in [0.1, 0.15) is 11.6 Å². The molecule has 2 rings (SSSR count). The van der Waals surface area contributed by atoms with E-state index in [0.717, 1.165) is 0 Å². The lowest BCUT2D eigenvalue weighted by molar-refractivity contribution is 0.0778. The van der Waals surface area contributed by atoms with Crippen molar-refractivity contribution in [2.24, 2.45) is 0 Å². The molecule has 100 valence electrons. The molecule has 19 heavy (non-hydrogen) atoms. The highest BCUT2D eigenvalue weighted by molar-refractivity contribution is 6.31. The summed E-state index contributed by atoms with van der Waals surface area (Å²) in [4.78, 5) is 17.7. The molecule has 0 spiro atoms. The predicted molar refractivity (Wildman–Crippen MR) is 70.0 cm³/mol. The number of carbonyl (C=O) groups is 1. The number of hydrogen-bond donors (Lipinski definition) is 2. The van der Waals surface area contributed by atoms with E-state index < -0.39 is 0 Å². The normalized spacial score (nSPS) is 10.5. The van der Waals surface area contributed by atoms with E-state index in [-0.39, 0.29) is 23.8 Å². The monoisotopic (exact) mass is 280 g/mol. The Bertz CT molecular complexity index is 612. The van der Waals surface area contributed by atoms with Crippen molar-refractivity contribution in [3.63, 3.8) is 0 Å². The molecule has 1 aromatic heterocycles. The van der Waals surface area contributed by atoms with Crippen LogP contribution in [0.4, 0.5) is 0 Å². The van der Waals surface area contributed by atoms with E-state index in [2.05, 4.69) is 15.2 Å². The molecule has 0 aliphatic rings. The van der Waals surface area contributed by atoms with E-state index >= 15 is 0 Å². The van der Waals surface area contributed by atoms with E-state index in [1.807, 2.05) is 0 Å². The summed E-state index contributed by atoms with van der Waals surface area (Å²) in [7, 11) is 1.61. The summed E-state index contributed by atoms with van der Waals surface area (Å²) in [5, 5.41) is 16.7. The summed E-state index contributed by atoms with van der Waals surface area (Å²) in [6.45, 7) is 2.02. The number of nitrogens with one attached hydrogen (secondary N) is 1. The first-order valence-corrected chi connectivity index (χ1v) is 5.97. The van der Waals surface area contributed by atoms with Crippen molar-refractivity contribution >= 4 is 17.5 Å². The summed E-state index contributed by atoms with van der Waals surface area (Å²) < 4.78 is 0. The first kappa shape index (κ1) is 13.4. The topological polar surface area (TPSA) is 82.1 Å². The van der Waals surface area contributed by atoms with Crippen LogP contribution in [0.15, 0.2) is 18.2 Å². The molecular weight excluding hydrogens is 268 g/mol. The average molecular weight is 281 g/mol. The van der Waals surface area contributed by atoms with Gasteiger partial charge in [0.25, 0.3) is 5.91 Å². The fraction of sp³-hybridized carbons (Fsp3) is 0.250. The molecule has 0 aliphatic carbocycles. The second kappa shape index (κ2) is 5.27. The molecule has 0 atom stereocenters. The second-order valence-corrected chi connectivity index (χ2v) is 4.60. The number of nitrogens with zero attached hydrogens (tertiary/aromatic N) is 3. The van der Waals surface area contributed by atoms with Crippen LogP contribution in [0.2, 0.25) is 5.02 Å². The van der Waals surface area contributed by atoms with Crippen LogP contribution in [0.5, 0.6) is 5.75 Å². The Balaban J connectivity index is 2.16. The minimum atomic E-state index is -0.345. The van der Waals surface area contributed by atoms with Crippen LogP contribution in [0.25, 0.3) is 0 Å². The minimum Gasteiger partial charge on any atom is -0.507 e. The van der Waals surface area contributed by atoms with Crippen molar-refractivity contribution in [2.75, 3.05) is 7.05 Å². The number of phenols is 1. The Kier molecular flexibility index (Phi) is 3.71. The van der Waals surface area contributed by atoms with Gasteiger partial charge in [0.15, 0.2) is 5.82 Å². The largest absolute Gasteiger partial charge is 0.507 e. The van der Waals surface area contributed by atoms with Crippen molar-refractivity contribution in [3.05, 3.63) is 40.4 Å². The number of benzene rings is 1. The van der Waals surface area contributed by atoms with E-state index in [1.165, 1.54) is 23.1 Å². The van der Waals surface area contributed by atoms with Gasteiger partial charge < -0.3 is 10.0 Å². The van der Waals surface area contributed by atoms with Gasteiger partial charge in [-0.3, -0.25) is 9.89 Å². The third-order valence-corrected chi connectivity index (χ3v) is 2.79. The van der Waals surface area contributed by atoms with E-state index in [9.17, 15) is 9.90 Å². The standard InChI is InChI=1S/C12H13ClN4O2/c1-7-14-11(16-15-7)6-17(2)12(19)9-5-8(13)3-4-10(9)18/h3-5,18H,6H2,1-2H3,(H,14,15,16). The summed E-state index contributed by atoms with van der Waals surface area (Å²) in [5.41, 5.74) is 0.155. The Morgan fingerprint density at radius 1 is 1.53 bits per heavy atom. The van der Waals surface area contributed by atoms with Gasteiger partial charge in [-0.05, 0) is 25.1 Å². The van der Waals surface area contributed by atoms with E-state index in [4.69, 9.17) is 11.6 Å². The smallest absolute Gasteiger partial charge is 0.257 e. The zero-order chi connectivity index (χ0) is 14.0. The predicted octanol–water partition coefficient (Wildman–Crippen LogP) is 1.74. The molecule has 2 N–H and O–H groups in total. The summed E-state index contributed by atoms with van der Waals surface area (Å²) in [6, 6.07) is 4.34. The molecule has 1 heterocycles. The number of carbonyl (C=O) groups excluding carboxylic acids is 1. The number of halogens is 1. The Morgan fingerprint density at radius 3 is 2.89 bits per heavy atom. The lowest BCUT2D eigenvalue weighted by Crippen LogP contribution is -2.26. The summed E-state index contributed by atoms with van der Waals surface area (Å²) in [5.74, 6) is 0.742. The molecule has 0 aliphatic heterocycles. The van der Waals surface area contributed by atoms with Crippen LogP contribution in [-0.4, -0.2) is 38.1 Å². The maximum Gasteiger partial charge on any atom is 0.257 e. The Hall–Kier alpha value is -2.08. The molecule has 0 fully saturated rings. The minimum absolute atomic E-state index is 0.104. The van der Waals surface area contributed by atoms with Crippen molar-refractivity contribution < 1.29 is 9.90 Å². The fourth-order valence-corrected chi connectivity index (χ4v) is 1.80. The van der Waals surface area contributed by atoms with Gasteiger partial charge >= 0.3 is 0 Å². The van der Waals surface area contributed by atoms with Gasteiger partial charge in [-0.25, -0.2) is 4.98 Å². The molecule has 0 saturated carbocycles. The van der Waals surface area contributed by atoms with Gasteiger partial charge in [0.05, 0.1) is 12.1 Å². The zero-order valence-electron chi connectivity index (χ0n) is 10.5. The average Bonchev–Trinajstić information content (AvgIpc) is 2.77. The number of aromatic amines is 1. The van der Waals surface area contributed by atoms with E-state index in [1.54, 1.807) is 14.0 Å². The number of amides is 1. The third kappa shape index (κ3) is 3.03. The van der Waals surface area contributed by atoms with Gasteiger partial charge in [-0.1, -0.05) is 11.6 Å². The van der Waals surface area contributed by atoms with Crippen molar-refractivity contribution in [1.29, 1.82) is 0 Å². The SMILES string of the molecule is Cc1nc(CN(C)C(=O)c2cc(Cl)ccc2O)n[nH]1. The van der Waals surface area contributed by atoms with Gasteiger partial charge in [-0.2, -0.15) is 5.10 Å². The quantitative estimate of drug-likeness (QED) is 0.897. The number of phenolic OH excluding ortho intramolecular Hbond substituents is 1. The lowest BCUT2D eigenvalue weighted by atomic mass is 10.2. The van der Waals surface area contributed by atoms with Gasteiger partial charge in [0, 0.05) is 12.1 Å². The van der Waals surface area contributed by atoms with Crippen molar-refractivity contribution in [2.45, 2.75) is 13.5 Å². The number of rotatable bonds is 3. The highest BCUT2D eigenvalue weighted by atomic mass is 35.5. The number of aromatic hydroxyl groups is 1. The first-order chi connectivity index (χ1) is 8.97. The van der Waals surface area contributed by atoms with Crippen molar-refractivity contribution in [1.82, 2.24) is 20.1 Å². The molecule has 7 heteroatoms.